The second kappa shape index (κ2) is 10.3. The van der Waals surface area contributed by atoms with Crippen LogP contribution in [0.4, 0.5) is 17.8 Å². The van der Waals surface area contributed by atoms with Gasteiger partial charge in [-0.15, -0.1) is 0 Å². The third kappa shape index (κ3) is 5.53. The molecule has 0 bridgehead atoms. The maximum absolute atomic E-state index is 10.0. The molecule has 166 valence electrons. The molecule has 1 aromatic carbocycles. The summed E-state index contributed by atoms with van der Waals surface area (Å²) in [6.07, 6.45) is 8.77. The van der Waals surface area contributed by atoms with E-state index in [2.05, 4.69) is 30.3 Å². The number of aromatic nitrogens is 3. The summed E-state index contributed by atoms with van der Waals surface area (Å²) in [6, 6.07) is 5.18. The first-order valence-corrected chi connectivity index (χ1v) is 11.2. The van der Waals surface area contributed by atoms with E-state index in [1.165, 1.54) is 12.8 Å². The smallest absolute Gasteiger partial charge is 0.250 e. The summed E-state index contributed by atoms with van der Waals surface area (Å²) in [5.74, 6) is 2.41. The van der Waals surface area contributed by atoms with Crippen molar-refractivity contribution in [1.82, 2.24) is 15.0 Å². The summed E-state index contributed by atoms with van der Waals surface area (Å²) in [6.45, 7) is 6.26. The SMILES string of the molecule is CCOc1ccc(/C=N\Nc2nc(N3CCCCC3)nc(N3CCCCC3)n2)cc1O. The van der Waals surface area contributed by atoms with Crippen LogP contribution in [0.25, 0.3) is 0 Å². The van der Waals surface area contributed by atoms with Gasteiger partial charge in [-0.2, -0.15) is 20.1 Å². The first-order valence-electron chi connectivity index (χ1n) is 11.2. The Bertz CT molecular complexity index is 857. The number of nitrogens with one attached hydrogen (secondary N) is 1. The number of benzene rings is 1. The van der Waals surface area contributed by atoms with Crippen molar-refractivity contribution in [1.29, 1.82) is 0 Å². The third-order valence-corrected chi connectivity index (χ3v) is 5.55. The van der Waals surface area contributed by atoms with E-state index in [1.54, 1.807) is 18.3 Å². The van der Waals surface area contributed by atoms with Crippen molar-refractivity contribution in [2.24, 2.45) is 5.10 Å². The molecule has 9 heteroatoms. The van der Waals surface area contributed by atoms with Gasteiger partial charge in [-0.05, 0) is 69.2 Å². The fraction of sp³-hybridized carbons (Fsp3) is 0.545. The van der Waals surface area contributed by atoms with Gasteiger partial charge >= 0.3 is 0 Å². The van der Waals surface area contributed by atoms with Crippen LogP contribution in [-0.2, 0) is 0 Å². The van der Waals surface area contributed by atoms with Gasteiger partial charge in [0.2, 0.25) is 17.8 Å². The third-order valence-electron chi connectivity index (χ3n) is 5.55. The number of hydrogen-bond donors (Lipinski definition) is 2. The molecule has 31 heavy (non-hydrogen) atoms. The lowest BCUT2D eigenvalue weighted by Crippen LogP contribution is -2.34. The maximum atomic E-state index is 10.0. The number of rotatable bonds is 7. The fourth-order valence-electron chi connectivity index (χ4n) is 3.93. The summed E-state index contributed by atoms with van der Waals surface area (Å²) in [4.78, 5) is 18.5. The van der Waals surface area contributed by atoms with Crippen molar-refractivity contribution in [3.05, 3.63) is 23.8 Å². The van der Waals surface area contributed by atoms with Crippen LogP contribution in [0, 0.1) is 0 Å². The Morgan fingerprint density at radius 2 is 1.58 bits per heavy atom. The van der Waals surface area contributed by atoms with Crippen molar-refractivity contribution >= 4 is 24.1 Å². The molecule has 0 saturated carbocycles. The quantitative estimate of drug-likeness (QED) is 0.514. The van der Waals surface area contributed by atoms with Gasteiger partial charge in [0.15, 0.2) is 11.5 Å². The van der Waals surface area contributed by atoms with E-state index in [1.807, 2.05) is 13.0 Å². The number of hydrogen-bond acceptors (Lipinski definition) is 9. The highest BCUT2D eigenvalue weighted by atomic mass is 16.5. The van der Waals surface area contributed by atoms with E-state index in [9.17, 15) is 5.11 Å². The minimum absolute atomic E-state index is 0.0886. The molecule has 0 radical (unpaired) electrons. The molecule has 1 aromatic heterocycles. The molecule has 0 unspecified atom stereocenters. The van der Waals surface area contributed by atoms with Crippen LogP contribution < -0.4 is 20.0 Å². The molecule has 3 heterocycles. The minimum atomic E-state index is 0.0886. The van der Waals surface area contributed by atoms with Crippen LogP contribution >= 0.6 is 0 Å². The molecule has 2 aromatic rings. The van der Waals surface area contributed by atoms with E-state index >= 15 is 0 Å². The predicted octanol–water partition coefficient (Wildman–Crippen LogP) is 3.40. The largest absolute Gasteiger partial charge is 0.504 e. The zero-order chi connectivity index (χ0) is 21.5. The first kappa shape index (κ1) is 21.1. The number of ether oxygens (including phenoxy) is 1. The summed E-state index contributed by atoms with van der Waals surface area (Å²) >= 11 is 0. The highest BCUT2D eigenvalue weighted by molar-refractivity contribution is 5.81. The van der Waals surface area contributed by atoms with E-state index in [4.69, 9.17) is 9.72 Å². The van der Waals surface area contributed by atoms with Gasteiger partial charge in [-0.1, -0.05) is 0 Å². The fourth-order valence-corrected chi connectivity index (χ4v) is 3.93. The molecule has 2 saturated heterocycles. The minimum Gasteiger partial charge on any atom is -0.504 e. The average molecular weight is 426 g/mol. The Hall–Kier alpha value is -3.10. The van der Waals surface area contributed by atoms with Gasteiger partial charge < -0.3 is 19.6 Å². The van der Waals surface area contributed by atoms with Crippen LogP contribution in [-0.4, -0.2) is 59.1 Å². The highest BCUT2D eigenvalue weighted by Gasteiger charge is 2.20. The van der Waals surface area contributed by atoms with Crippen molar-refractivity contribution < 1.29 is 9.84 Å². The number of nitrogens with zero attached hydrogens (tertiary/aromatic N) is 6. The predicted molar refractivity (Wildman–Crippen MR) is 122 cm³/mol. The van der Waals surface area contributed by atoms with E-state index < -0.39 is 0 Å². The van der Waals surface area contributed by atoms with Gasteiger partial charge in [0, 0.05) is 26.2 Å². The topological polar surface area (TPSA) is 99.0 Å². The number of phenols is 1. The molecular weight excluding hydrogens is 394 g/mol. The zero-order valence-corrected chi connectivity index (χ0v) is 18.1. The van der Waals surface area contributed by atoms with Gasteiger partial charge in [-0.25, -0.2) is 5.43 Å². The van der Waals surface area contributed by atoms with Gasteiger partial charge in [0.05, 0.1) is 12.8 Å². The lowest BCUT2D eigenvalue weighted by atomic mass is 10.1. The number of aromatic hydroxyl groups is 1. The van der Waals surface area contributed by atoms with Crippen LogP contribution in [0.3, 0.4) is 0 Å². The summed E-state index contributed by atoms with van der Waals surface area (Å²) < 4.78 is 5.36. The van der Waals surface area contributed by atoms with Crippen LogP contribution in [0.1, 0.15) is 51.0 Å². The second-order valence-corrected chi connectivity index (χ2v) is 7.88. The molecular formula is C22H31N7O2. The lowest BCUT2D eigenvalue weighted by Gasteiger charge is -2.30. The number of anilines is 3. The number of phenolic OH excluding ortho intramolecular Hbond substituents is 1. The molecule has 4 rings (SSSR count). The van der Waals surface area contributed by atoms with Crippen molar-refractivity contribution in [2.45, 2.75) is 45.4 Å². The Morgan fingerprint density at radius 1 is 0.968 bits per heavy atom. The van der Waals surface area contributed by atoms with E-state index in [0.29, 0.717) is 30.2 Å². The monoisotopic (exact) mass is 425 g/mol. The van der Waals surface area contributed by atoms with Crippen molar-refractivity contribution in [3.8, 4) is 11.5 Å². The molecule has 9 nitrogen and oxygen atoms in total. The van der Waals surface area contributed by atoms with Crippen LogP contribution in [0.5, 0.6) is 11.5 Å². The Kier molecular flexibility index (Phi) is 7.01. The molecule has 2 fully saturated rings. The van der Waals surface area contributed by atoms with E-state index in [-0.39, 0.29) is 5.75 Å². The van der Waals surface area contributed by atoms with Gasteiger partial charge in [0.25, 0.3) is 0 Å². The second-order valence-electron chi connectivity index (χ2n) is 7.88. The van der Waals surface area contributed by atoms with Gasteiger partial charge in [0.1, 0.15) is 0 Å². The van der Waals surface area contributed by atoms with Crippen molar-refractivity contribution in [2.75, 3.05) is 48.0 Å². The zero-order valence-electron chi connectivity index (χ0n) is 18.1. The number of piperidine rings is 2. The molecule has 0 aliphatic carbocycles. The van der Waals surface area contributed by atoms with Crippen LogP contribution in [0.2, 0.25) is 0 Å². The molecule has 2 aliphatic heterocycles. The summed E-state index contributed by atoms with van der Waals surface area (Å²) in [7, 11) is 0. The first-order chi connectivity index (χ1) is 15.2. The van der Waals surface area contributed by atoms with Crippen LogP contribution in [0.15, 0.2) is 23.3 Å². The molecule has 0 atom stereocenters. The summed E-state index contributed by atoms with van der Waals surface area (Å²) in [5, 5.41) is 14.3. The molecule has 0 spiro atoms. The highest BCUT2D eigenvalue weighted by Crippen LogP contribution is 2.26. The molecule has 2 N–H and O–H groups in total. The normalized spacial score (nSPS) is 17.2. The Balaban J connectivity index is 1.52. The number of hydrazone groups is 1. The standard InChI is InChI=1S/C22H31N7O2/c1-2-31-19-10-9-17(15-18(19)30)16-23-27-20-24-21(28-11-5-3-6-12-28)26-22(25-20)29-13-7-4-8-14-29/h9-10,15-16,30H,2-8,11-14H2,1H3,(H,24,25,26,27)/b23-16-. The van der Waals surface area contributed by atoms with Crippen molar-refractivity contribution in [3.63, 3.8) is 0 Å². The van der Waals surface area contributed by atoms with E-state index in [0.717, 1.165) is 57.4 Å². The maximum Gasteiger partial charge on any atom is 0.250 e. The summed E-state index contributed by atoms with van der Waals surface area (Å²) in [5.41, 5.74) is 3.70. The van der Waals surface area contributed by atoms with Gasteiger partial charge in [-0.3, -0.25) is 0 Å². The average Bonchev–Trinajstić information content (AvgIpc) is 2.82. The lowest BCUT2D eigenvalue weighted by molar-refractivity contribution is 0.318. The Labute approximate surface area is 183 Å². The molecule has 0 amide bonds. The Morgan fingerprint density at radius 3 is 2.13 bits per heavy atom. The molecule has 2 aliphatic rings.